The smallest absolute Gasteiger partial charge is 0.0748 e. The van der Waals surface area contributed by atoms with Crippen LogP contribution in [0, 0.1) is 0 Å². The van der Waals surface area contributed by atoms with Gasteiger partial charge in [-0.1, -0.05) is 7.43 Å². The third-order valence-corrected chi connectivity index (χ3v) is 0. The molecule has 0 saturated carbocycles. The Labute approximate surface area is 71.6 Å². The van der Waals surface area contributed by atoms with Crippen molar-refractivity contribution in [3.8, 4) is 0 Å². The lowest BCUT2D eigenvalue weighted by molar-refractivity contribution is 1.07. The van der Waals surface area contributed by atoms with Gasteiger partial charge in [0.15, 0.2) is 0 Å². The molecule has 0 aliphatic rings. The zero-order chi connectivity index (χ0) is 8.83. The molecule has 11 heavy (non-hydrogen) atoms. The predicted octanol–water partition coefficient (Wildman–Crippen LogP) is 0.293. The van der Waals surface area contributed by atoms with E-state index in [1.807, 2.05) is 0 Å². The molecule has 0 bridgehead atoms. The minimum atomic E-state index is 0. The molecule has 0 aromatic heterocycles. The summed E-state index contributed by atoms with van der Waals surface area (Å²) in [5.74, 6) is 0. The number of rotatable bonds is 0. The van der Waals surface area contributed by atoms with E-state index in [1.54, 1.807) is 14.1 Å². The van der Waals surface area contributed by atoms with Gasteiger partial charge in [-0.15, -0.1) is 0 Å². The van der Waals surface area contributed by atoms with Gasteiger partial charge in [0.1, 0.15) is 0 Å². The Hall–Kier alpha value is -0.780. The second kappa shape index (κ2) is 126. The van der Waals surface area contributed by atoms with E-state index < -0.39 is 0 Å². The van der Waals surface area contributed by atoms with Crippen LogP contribution in [0.25, 0.3) is 0 Å². The van der Waals surface area contributed by atoms with Gasteiger partial charge in [-0.25, -0.2) is 0 Å². The van der Waals surface area contributed by atoms with Crippen molar-refractivity contribution in [3.63, 3.8) is 0 Å². The van der Waals surface area contributed by atoms with Crippen LogP contribution in [0.2, 0.25) is 0 Å². The van der Waals surface area contributed by atoms with Crippen LogP contribution in [0.5, 0.6) is 0 Å². The average Bonchev–Trinajstić information content (AvgIpc) is 1.91. The van der Waals surface area contributed by atoms with Crippen molar-refractivity contribution in [2.45, 2.75) is 7.43 Å². The summed E-state index contributed by atoms with van der Waals surface area (Å²) in [6.07, 6.45) is 0. The minimum Gasteiger partial charge on any atom is -0.344 e. The van der Waals surface area contributed by atoms with Gasteiger partial charge in [0.05, 0.1) is 1.37 Å². The molecule has 5 nitrogen and oxygen atoms in total. The van der Waals surface area contributed by atoms with Crippen LogP contribution in [0.3, 0.4) is 0 Å². The Kier molecular flexibility index (Phi) is 258. The summed E-state index contributed by atoms with van der Waals surface area (Å²) in [5, 5.41) is 0. The monoisotopic (exact) mass is 167 g/mol. The summed E-state index contributed by atoms with van der Waals surface area (Å²) >= 11 is 0. The summed E-state index contributed by atoms with van der Waals surface area (Å²) in [4.78, 5) is 6.53. The lowest BCUT2D eigenvalue weighted by atomic mass is 11.3. The molecule has 0 aromatic carbocycles. The van der Waals surface area contributed by atoms with E-state index in [9.17, 15) is 0 Å². The van der Waals surface area contributed by atoms with Crippen molar-refractivity contribution in [1.29, 1.82) is 0 Å². The van der Waals surface area contributed by atoms with Crippen LogP contribution in [0.1, 0.15) is 8.80 Å². The van der Waals surface area contributed by atoms with Crippen molar-refractivity contribution in [3.05, 3.63) is 0 Å². The van der Waals surface area contributed by atoms with Crippen LogP contribution < -0.4 is 17.6 Å². The van der Waals surface area contributed by atoms with E-state index in [4.69, 9.17) is 1.37 Å². The fourth-order valence-electron chi connectivity index (χ4n) is 0. The molecule has 0 aliphatic heterocycles. The maximum atomic E-state index is 6.16. The van der Waals surface area contributed by atoms with Crippen molar-refractivity contribution in [1.82, 2.24) is 6.15 Å². The van der Waals surface area contributed by atoms with E-state index in [1.165, 1.54) is 0 Å². The van der Waals surface area contributed by atoms with Crippen molar-refractivity contribution >= 4 is 13.4 Å². The Morgan fingerprint density at radius 1 is 1.36 bits per heavy atom. The van der Waals surface area contributed by atoms with Crippen LogP contribution in [-0.2, 0) is 0 Å². The van der Waals surface area contributed by atoms with Crippen molar-refractivity contribution in [2.75, 3.05) is 20.8 Å². The molecular formula is C6H23N5. The highest BCUT2D eigenvalue weighted by molar-refractivity contribution is 5.22. The predicted molar refractivity (Wildman–Crippen MR) is 55.9 cm³/mol. The Morgan fingerprint density at radius 2 is 1.45 bits per heavy atom. The highest BCUT2D eigenvalue weighted by Gasteiger charge is 1.29. The van der Waals surface area contributed by atoms with Gasteiger partial charge >= 0.3 is 0 Å². The van der Waals surface area contributed by atoms with Gasteiger partial charge in [-0.2, -0.15) is 0 Å². The highest BCUT2D eigenvalue weighted by Crippen LogP contribution is 1.22. The second-order valence-electron chi connectivity index (χ2n) is 0.810. The van der Waals surface area contributed by atoms with E-state index in [2.05, 4.69) is 28.2 Å². The molecule has 0 heterocycles. The maximum absolute atomic E-state index is 6.16. The van der Waals surface area contributed by atoms with Gasteiger partial charge < -0.3 is 27.6 Å². The van der Waals surface area contributed by atoms with Gasteiger partial charge in [0.25, 0.3) is 0 Å². The molecule has 0 aromatic rings. The fraction of sp³-hybridized carbons (Fsp3) is 0.667. The summed E-state index contributed by atoms with van der Waals surface area (Å²) in [7, 11) is 3.20. The van der Waals surface area contributed by atoms with E-state index in [0.717, 1.165) is 6.69 Å². The van der Waals surface area contributed by atoms with Crippen LogP contribution in [-0.4, -0.2) is 34.2 Å². The average molecular weight is 167 g/mol. The number of hydrogen-bond donors (Lipinski definition) is 3. The molecule has 0 spiro atoms. The molecule has 0 fully saturated rings. The van der Waals surface area contributed by atoms with E-state index >= 15 is 0 Å². The van der Waals surface area contributed by atoms with Crippen LogP contribution in [0.4, 0.5) is 0 Å². The van der Waals surface area contributed by atoms with Gasteiger partial charge in [-0.05, 0) is 13.4 Å². The number of nitrogens with two attached hydrogens (primary N) is 2. The fourth-order valence-corrected chi connectivity index (χ4v) is 0. The summed E-state index contributed by atoms with van der Waals surface area (Å²) in [6.45, 7) is 4.36. The topological polar surface area (TPSA) is 112 Å². The standard InChI is InChI=1S/2C2H5N.CH6N2.CH4.H3N/c2*1-3-2;2-1-3;;/h2*1H2,2H3;1-3H2;1H4;1H3/i1T;;;;. The third kappa shape index (κ3) is 790. The Morgan fingerprint density at radius 3 is 1.45 bits per heavy atom. The number of aliphatic imine (C=N–C) groups is 2. The SMILES string of the molecule is C.C=NC.N.NCN.[3H]C=NC. The van der Waals surface area contributed by atoms with Gasteiger partial charge in [-0.3, -0.25) is 0 Å². The highest BCUT2D eigenvalue weighted by atomic mass is 14.7. The van der Waals surface area contributed by atoms with Crippen LogP contribution in [0.15, 0.2) is 9.98 Å². The zero-order valence-corrected chi connectivity index (χ0v) is 6.75. The lowest BCUT2D eigenvalue weighted by Crippen LogP contribution is -2.08. The van der Waals surface area contributed by atoms with E-state index in [-0.39, 0.29) is 20.2 Å². The van der Waals surface area contributed by atoms with E-state index in [0.29, 0.717) is 0 Å². The Bertz CT molecular complexity index is 63.0. The Balaban J connectivity index is -0.0000000191. The zero-order valence-electron chi connectivity index (χ0n) is 7.75. The molecule has 0 atom stereocenters. The molecule has 0 rings (SSSR count). The second-order valence-corrected chi connectivity index (χ2v) is 0.810. The van der Waals surface area contributed by atoms with Crippen LogP contribution >= 0.6 is 0 Å². The van der Waals surface area contributed by atoms with Crippen molar-refractivity contribution < 1.29 is 1.37 Å². The molecule has 0 saturated heterocycles. The quantitative estimate of drug-likeness (QED) is 0.356. The molecule has 0 unspecified atom stereocenters. The molecule has 72 valence electrons. The first-order valence-corrected chi connectivity index (χ1v) is 2.29. The minimum absolute atomic E-state index is 0. The largest absolute Gasteiger partial charge is 0.344 e. The molecule has 0 aliphatic carbocycles. The lowest BCUT2D eigenvalue weighted by Gasteiger charge is -1.56. The molecule has 0 amide bonds. The number of nitrogens with zero attached hydrogens (tertiary/aromatic N) is 2. The molecule has 7 N–H and O–H groups in total. The first-order chi connectivity index (χ1) is 4.74. The normalized spacial score (nSPS) is 6.36. The summed E-state index contributed by atoms with van der Waals surface area (Å²) < 4.78 is 6.16. The first kappa shape index (κ1) is 22.5. The maximum Gasteiger partial charge on any atom is 0.0748 e. The molecule has 5 heteroatoms. The summed E-state index contributed by atoms with van der Waals surface area (Å²) in [6, 6.07) is 0. The molecule has 0 radical (unpaired) electrons. The first-order valence-electron chi connectivity index (χ1n) is 2.86. The molecular weight excluding hydrogens is 142 g/mol. The third-order valence-electron chi connectivity index (χ3n) is 0. The number of hydrogen-bond acceptors (Lipinski definition) is 5. The van der Waals surface area contributed by atoms with Crippen molar-refractivity contribution in [2.24, 2.45) is 21.5 Å². The van der Waals surface area contributed by atoms with Gasteiger partial charge in [0.2, 0.25) is 0 Å². The summed E-state index contributed by atoms with van der Waals surface area (Å²) in [5.41, 5.74) is 9.25. The van der Waals surface area contributed by atoms with Gasteiger partial charge in [0, 0.05) is 20.8 Å².